The van der Waals surface area contributed by atoms with Gasteiger partial charge < -0.3 is 15.0 Å². The van der Waals surface area contributed by atoms with Crippen LogP contribution in [-0.4, -0.2) is 35.5 Å². The molecule has 2 aromatic carbocycles. The van der Waals surface area contributed by atoms with Crippen molar-refractivity contribution in [2.24, 2.45) is 0 Å². The number of ether oxygens (including phenoxy) is 1. The Kier molecular flexibility index (Phi) is 8.12. The minimum Gasteiger partial charge on any atom is -0.482 e. The number of nitrogens with zero attached hydrogens (tertiary/aromatic N) is 1. The van der Waals surface area contributed by atoms with Crippen molar-refractivity contribution in [1.29, 1.82) is 0 Å². The van der Waals surface area contributed by atoms with Crippen molar-refractivity contribution in [3.63, 3.8) is 0 Å². The molecule has 3 aliphatic rings. The third-order valence-electron chi connectivity index (χ3n) is 7.23. The van der Waals surface area contributed by atoms with E-state index >= 15 is 0 Å². The number of hydrogen-bond donors (Lipinski definition) is 1. The van der Waals surface area contributed by atoms with Crippen LogP contribution in [0, 0.1) is 0 Å². The molecule has 9 heteroatoms. The maximum atomic E-state index is 13.5. The van der Waals surface area contributed by atoms with E-state index in [0.717, 1.165) is 41.6 Å². The van der Waals surface area contributed by atoms with E-state index in [-0.39, 0.29) is 24.1 Å². The Morgan fingerprint density at radius 2 is 1.61 bits per heavy atom. The molecule has 198 valence electrons. The van der Waals surface area contributed by atoms with Gasteiger partial charge in [-0.1, -0.05) is 27.5 Å². The molecule has 1 heterocycles. The summed E-state index contributed by atoms with van der Waals surface area (Å²) in [6, 6.07) is 10.6. The average Bonchev–Trinajstić information content (AvgIpc) is 2.88. The molecule has 5 rings (SSSR count). The highest BCUT2D eigenvalue weighted by atomic mass is 79.9. The third kappa shape index (κ3) is 5.23. The molecule has 1 amide bonds. The van der Waals surface area contributed by atoms with Crippen LogP contribution in [0.5, 0.6) is 5.75 Å². The molecule has 2 aromatic rings. The summed E-state index contributed by atoms with van der Waals surface area (Å²) in [5, 5.41) is 3.38. The van der Waals surface area contributed by atoms with E-state index in [9.17, 15) is 14.4 Å². The third-order valence-corrected chi connectivity index (χ3v) is 8.53. The zero-order valence-electron chi connectivity index (χ0n) is 20.9. The highest BCUT2D eigenvalue weighted by molar-refractivity contribution is 9.11. The summed E-state index contributed by atoms with van der Waals surface area (Å²) in [7, 11) is 0. The summed E-state index contributed by atoms with van der Waals surface area (Å²) in [5.74, 6) is -0.281. The molecule has 6 nitrogen and oxygen atoms in total. The maximum absolute atomic E-state index is 13.5. The van der Waals surface area contributed by atoms with Crippen molar-refractivity contribution in [1.82, 2.24) is 4.90 Å². The van der Waals surface area contributed by atoms with E-state index in [1.165, 1.54) is 0 Å². The van der Waals surface area contributed by atoms with Crippen LogP contribution in [0.25, 0.3) is 0 Å². The standard InChI is InChI=1S/C29H27Br2ClN2O4/c1-2-34-21-5-3-7-23(35)27(21)26(28-22(34)6-4-8-24(28)36)19-13-16(30)14-20(31)29(19)38-15-25(37)33-18-11-9-17(32)10-12-18/h9-14,26H,2-8,15H2,1H3,(H,33,37). The van der Waals surface area contributed by atoms with Crippen molar-refractivity contribution in [3.8, 4) is 5.75 Å². The van der Waals surface area contributed by atoms with Crippen molar-refractivity contribution < 1.29 is 19.1 Å². The molecule has 0 fully saturated rings. The van der Waals surface area contributed by atoms with Gasteiger partial charge >= 0.3 is 0 Å². The number of Topliss-reactive ketones (excluding diaryl/α,β-unsaturated/α-hetero) is 2. The molecule has 0 aromatic heterocycles. The molecule has 0 atom stereocenters. The Bertz CT molecular complexity index is 1340. The van der Waals surface area contributed by atoms with Gasteiger partial charge in [-0.2, -0.15) is 0 Å². The molecule has 0 radical (unpaired) electrons. The SMILES string of the molecule is CCN1C2=C(C(=O)CCC2)C(c2cc(Br)cc(Br)c2OCC(=O)Nc2ccc(Cl)cc2)C2=C1CCCC2=O. The minimum atomic E-state index is -0.536. The first-order valence-electron chi connectivity index (χ1n) is 12.8. The van der Waals surface area contributed by atoms with Crippen molar-refractivity contribution in [2.75, 3.05) is 18.5 Å². The highest BCUT2D eigenvalue weighted by Gasteiger charge is 2.44. The molecule has 0 saturated heterocycles. The van der Waals surface area contributed by atoms with Gasteiger partial charge in [-0.15, -0.1) is 0 Å². The van der Waals surface area contributed by atoms with Gasteiger partial charge in [0.1, 0.15) is 5.75 Å². The summed E-state index contributed by atoms with van der Waals surface area (Å²) in [4.78, 5) is 41.9. The van der Waals surface area contributed by atoms with Gasteiger partial charge in [0, 0.05) is 68.6 Å². The number of allylic oxidation sites excluding steroid dienone is 4. The molecule has 2 aliphatic carbocycles. The van der Waals surface area contributed by atoms with Crippen molar-refractivity contribution in [3.05, 3.63) is 78.5 Å². The van der Waals surface area contributed by atoms with E-state index in [2.05, 4.69) is 49.0 Å². The van der Waals surface area contributed by atoms with E-state index in [1.807, 2.05) is 12.1 Å². The number of nitrogens with one attached hydrogen (secondary N) is 1. The first kappa shape index (κ1) is 27.2. The van der Waals surface area contributed by atoms with Crippen LogP contribution in [0.15, 0.2) is 67.9 Å². The maximum Gasteiger partial charge on any atom is 0.262 e. The normalized spacial score (nSPS) is 17.9. The van der Waals surface area contributed by atoms with Crippen LogP contribution in [-0.2, 0) is 14.4 Å². The minimum absolute atomic E-state index is 0.0714. The van der Waals surface area contributed by atoms with Gasteiger partial charge in [-0.05, 0) is 84.9 Å². The molecule has 0 bridgehead atoms. The number of amides is 1. The molecule has 1 aliphatic heterocycles. The predicted octanol–water partition coefficient (Wildman–Crippen LogP) is 7.32. The van der Waals surface area contributed by atoms with E-state index in [4.69, 9.17) is 16.3 Å². The lowest BCUT2D eigenvalue weighted by Crippen LogP contribution is -2.39. The number of rotatable bonds is 6. The van der Waals surface area contributed by atoms with Crippen molar-refractivity contribution >= 4 is 66.6 Å². The van der Waals surface area contributed by atoms with Crippen LogP contribution >= 0.6 is 43.5 Å². The van der Waals surface area contributed by atoms with Crippen LogP contribution < -0.4 is 10.1 Å². The number of anilines is 1. The Morgan fingerprint density at radius 1 is 1.00 bits per heavy atom. The fraction of sp³-hybridized carbons (Fsp3) is 0.345. The lowest BCUT2D eigenvalue weighted by Gasteiger charge is -2.43. The summed E-state index contributed by atoms with van der Waals surface area (Å²) in [6.07, 6.45) is 4.11. The fourth-order valence-electron chi connectivity index (χ4n) is 5.72. The number of halogens is 3. The van der Waals surface area contributed by atoms with Gasteiger partial charge in [0.25, 0.3) is 5.91 Å². The topological polar surface area (TPSA) is 75.7 Å². The largest absolute Gasteiger partial charge is 0.482 e. The monoisotopic (exact) mass is 660 g/mol. The molecule has 0 unspecified atom stereocenters. The lowest BCUT2D eigenvalue weighted by molar-refractivity contribution is -0.119. The number of carbonyl (C=O) groups excluding carboxylic acids is 3. The first-order chi connectivity index (χ1) is 18.3. The number of carbonyl (C=O) groups is 3. The Hall–Kier alpha value is -2.42. The van der Waals surface area contributed by atoms with Crippen LogP contribution in [0.4, 0.5) is 5.69 Å². The second kappa shape index (κ2) is 11.4. The first-order valence-corrected chi connectivity index (χ1v) is 14.7. The number of benzene rings is 2. The summed E-state index contributed by atoms with van der Waals surface area (Å²) in [6.45, 7) is 2.53. The van der Waals surface area contributed by atoms with Gasteiger partial charge in [0.15, 0.2) is 18.2 Å². The van der Waals surface area contributed by atoms with Crippen molar-refractivity contribution in [2.45, 2.75) is 51.4 Å². The smallest absolute Gasteiger partial charge is 0.262 e. The second-order valence-corrected chi connectivity index (χ2v) is 11.8. The van der Waals surface area contributed by atoms with Crippen LogP contribution in [0.2, 0.25) is 5.02 Å². The van der Waals surface area contributed by atoms with Crippen LogP contribution in [0.3, 0.4) is 0 Å². The van der Waals surface area contributed by atoms with Crippen LogP contribution in [0.1, 0.15) is 56.9 Å². The predicted molar refractivity (Wildman–Crippen MR) is 154 cm³/mol. The molecule has 0 spiro atoms. The van der Waals surface area contributed by atoms with E-state index in [0.29, 0.717) is 57.0 Å². The zero-order valence-corrected chi connectivity index (χ0v) is 24.8. The molecule has 1 N–H and O–H groups in total. The van der Waals surface area contributed by atoms with Gasteiger partial charge in [-0.25, -0.2) is 0 Å². The Balaban J connectivity index is 1.56. The Labute approximate surface area is 243 Å². The summed E-state index contributed by atoms with van der Waals surface area (Å²) in [5.41, 5.74) is 4.72. The molecule has 0 saturated carbocycles. The van der Waals surface area contributed by atoms with Gasteiger partial charge in [0.2, 0.25) is 0 Å². The summed E-state index contributed by atoms with van der Waals surface area (Å²) < 4.78 is 7.55. The average molecular weight is 663 g/mol. The fourth-order valence-corrected chi connectivity index (χ4v) is 7.22. The van der Waals surface area contributed by atoms with Gasteiger partial charge in [-0.3, -0.25) is 14.4 Å². The summed E-state index contributed by atoms with van der Waals surface area (Å²) >= 11 is 13.1. The molecular weight excluding hydrogens is 636 g/mol. The Morgan fingerprint density at radius 3 is 2.18 bits per heavy atom. The molecular formula is C29H27Br2ClN2O4. The molecule has 38 heavy (non-hydrogen) atoms. The van der Waals surface area contributed by atoms with E-state index < -0.39 is 5.92 Å². The quantitative estimate of drug-likeness (QED) is 0.351. The van der Waals surface area contributed by atoms with E-state index in [1.54, 1.807) is 24.3 Å². The highest BCUT2D eigenvalue weighted by Crippen LogP contribution is 2.52. The number of hydrogen-bond acceptors (Lipinski definition) is 5. The second-order valence-electron chi connectivity index (χ2n) is 9.60. The lowest BCUT2D eigenvalue weighted by atomic mass is 9.70. The van der Waals surface area contributed by atoms with Gasteiger partial charge in [0.05, 0.1) is 4.47 Å². The zero-order chi connectivity index (χ0) is 27.0. The number of ketones is 2.